The van der Waals surface area contributed by atoms with E-state index in [1.807, 2.05) is 0 Å². The number of hydrogen-bond acceptors (Lipinski definition) is 4. The first-order valence-electron chi connectivity index (χ1n) is 5.98. The van der Waals surface area contributed by atoms with E-state index in [0.29, 0.717) is 17.8 Å². The number of nitrogen functional groups attached to an aromatic ring is 1. The van der Waals surface area contributed by atoms with Gasteiger partial charge in [0.15, 0.2) is 0 Å². The maximum absolute atomic E-state index is 5.63. The van der Waals surface area contributed by atoms with E-state index >= 15 is 0 Å². The van der Waals surface area contributed by atoms with Gasteiger partial charge in [-0.05, 0) is 37.2 Å². The van der Waals surface area contributed by atoms with E-state index < -0.39 is 0 Å². The van der Waals surface area contributed by atoms with Crippen LogP contribution in [0.2, 0.25) is 0 Å². The van der Waals surface area contributed by atoms with E-state index in [9.17, 15) is 0 Å². The molecule has 2 unspecified atom stereocenters. The van der Waals surface area contributed by atoms with Gasteiger partial charge in [0.25, 0.3) is 0 Å². The smallest absolute Gasteiger partial charge is 0.224 e. The molecule has 0 bridgehead atoms. The van der Waals surface area contributed by atoms with Crippen LogP contribution in [0.3, 0.4) is 0 Å². The normalized spacial score (nSPS) is 30.0. The topological polar surface area (TPSA) is 63.8 Å². The Bertz CT molecular complexity index is 343. The Morgan fingerprint density at radius 2 is 1.94 bits per heavy atom. The van der Waals surface area contributed by atoms with Crippen LogP contribution in [-0.2, 0) is 0 Å². The molecule has 2 rings (SSSR count). The quantitative estimate of drug-likeness (QED) is 0.802. The molecular formula is C12H20N4. The monoisotopic (exact) mass is 220 g/mol. The number of nitrogens with one attached hydrogen (secondary N) is 1. The van der Waals surface area contributed by atoms with Crippen LogP contribution in [0.1, 0.15) is 33.1 Å². The second-order valence-corrected chi connectivity index (χ2v) is 5.06. The van der Waals surface area contributed by atoms with Gasteiger partial charge in [-0.25, -0.2) is 4.98 Å². The first-order valence-corrected chi connectivity index (χ1v) is 5.98. The van der Waals surface area contributed by atoms with Gasteiger partial charge in [-0.1, -0.05) is 13.8 Å². The Labute approximate surface area is 96.7 Å². The maximum atomic E-state index is 5.63. The van der Waals surface area contributed by atoms with Gasteiger partial charge < -0.3 is 11.1 Å². The number of aromatic nitrogens is 2. The van der Waals surface area contributed by atoms with Crippen molar-refractivity contribution in [2.75, 3.05) is 11.1 Å². The molecule has 1 aromatic rings. The molecule has 1 aliphatic carbocycles. The van der Waals surface area contributed by atoms with Crippen LogP contribution in [0.15, 0.2) is 12.3 Å². The molecule has 0 aromatic carbocycles. The van der Waals surface area contributed by atoms with Crippen LogP contribution in [0.5, 0.6) is 0 Å². The Morgan fingerprint density at radius 3 is 2.56 bits per heavy atom. The van der Waals surface area contributed by atoms with Crippen LogP contribution in [0.25, 0.3) is 0 Å². The molecule has 1 heterocycles. The second-order valence-electron chi connectivity index (χ2n) is 5.06. The van der Waals surface area contributed by atoms with Crippen molar-refractivity contribution >= 4 is 11.8 Å². The summed E-state index contributed by atoms with van der Waals surface area (Å²) in [5.41, 5.74) is 5.63. The molecule has 1 aliphatic rings. The van der Waals surface area contributed by atoms with E-state index in [1.54, 1.807) is 12.3 Å². The van der Waals surface area contributed by atoms with Gasteiger partial charge in [-0.2, -0.15) is 4.98 Å². The molecule has 4 heteroatoms. The van der Waals surface area contributed by atoms with Crippen molar-refractivity contribution in [3.63, 3.8) is 0 Å². The summed E-state index contributed by atoms with van der Waals surface area (Å²) in [4.78, 5) is 8.35. The van der Waals surface area contributed by atoms with E-state index in [4.69, 9.17) is 5.73 Å². The number of nitrogens with two attached hydrogens (primary N) is 1. The van der Waals surface area contributed by atoms with E-state index in [2.05, 4.69) is 29.1 Å². The maximum Gasteiger partial charge on any atom is 0.224 e. The zero-order valence-electron chi connectivity index (χ0n) is 9.98. The molecule has 88 valence electrons. The minimum Gasteiger partial charge on any atom is -0.384 e. The second kappa shape index (κ2) is 4.68. The highest BCUT2D eigenvalue weighted by molar-refractivity contribution is 5.35. The van der Waals surface area contributed by atoms with Crippen molar-refractivity contribution in [2.24, 2.45) is 11.8 Å². The molecule has 16 heavy (non-hydrogen) atoms. The van der Waals surface area contributed by atoms with Gasteiger partial charge in [0.05, 0.1) is 0 Å². The van der Waals surface area contributed by atoms with E-state index in [1.165, 1.54) is 19.3 Å². The molecule has 0 radical (unpaired) electrons. The zero-order chi connectivity index (χ0) is 11.5. The summed E-state index contributed by atoms with van der Waals surface area (Å²) in [6, 6.07) is 2.19. The summed E-state index contributed by atoms with van der Waals surface area (Å²) in [6.07, 6.45) is 5.42. The number of rotatable bonds is 2. The zero-order valence-corrected chi connectivity index (χ0v) is 9.98. The van der Waals surface area contributed by atoms with Gasteiger partial charge in [-0.3, -0.25) is 0 Å². The van der Waals surface area contributed by atoms with Crippen molar-refractivity contribution in [3.8, 4) is 0 Å². The molecule has 1 aromatic heterocycles. The Morgan fingerprint density at radius 1 is 1.25 bits per heavy atom. The first kappa shape index (κ1) is 11.2. The lowest BCUT2D eigenvalue weighted by Crippen LogP contribution is -2.30. The van der Waals surface area contributed by atoms with Crippen molar-refractivity contribution in [3.05, 3.63) is 12.3 Å². The fourth-order valence-corrected chi connectivity index (χ4v) is 2.69. The summed E-state index contributed by atoms with van der Waals surface area (Å²) < 4.78 is 0. The Hall–Kier alpha value is -1.32. The van der Waals surface area contributed by atoms with Crippen LogP contribution in [-0.4, -0.2) is 16.0 Å². The molecule has 1 fully saturated rings. The molecular weight excluding hydrogens is 200 g/mol. The van der Waals surface area contributed by atoms with Gasteiger partial charge in [0.2, 0.25) is 5.95 Å². The lowest BCUT2D eigenvalue weighted by Gasteiger charge is -2.31. The highest BCUT2D eigenvalue weighted by Gasteiger charge is 2.24. The van der Waals surface area contributed by atoms with E-state index in [0.717, 1.165) is 11.8 Å². The van der Waals surface area contributed by atoms with Gasteiger partial charge >= 0.3 is 0 Å². The third-order valence-electron chi connectivity index (χ3n) is 3.19. The summed E-state index contributed by atoms with van der Waals surface area (Å²) in [6.45, 7) is 4.62. The summed E-state index contributed by atoms with van der Waals surface area (Å²) >= 11 is 0. The number of anilines is 2. The van der Waals surface area contributed by atoms with Gasteiger partial charge in [0.1, 0.15) is 5.82 Å². The molecule has 0 spiro atoms. The Kier molecular flexibility index (Phi) is 3.27. The SMILES string of the molecule is CC1CC(C)CC(Nc2nccc(N)n2)C1. The van der Waals surface area contributed by atoms with Crippen molar-refractivity contribution in [2.45, 2.75) is 39.2 Å². The predicted octanol–water partition coefficient (Wildman–Crippen LogP) is 2.30. The van der Waals surface area contributed by atoms with Crippen molar-refractivity contribution < 1.29 is 0 Å². The fourth-order valence-electron chi connectivity index (χ4n) is 2.69. The average Bonchev–Trinajstić information content (AvgIpc) is 2.15. The van der Waals surface area contributed by atoms with Gasteiger partial charge in [-0.15, -0.1) is 0 Å². The first-order chi connectivity index (χ1) is 7.63. The third-order valence-corrected chi connectivity index (χ3v) is 3.19. The lowest BCUT2D eigenvalue weighted by atomic mass is 9.80. The molecule has 0 aliphatic heterocycles. The molecule has 1 saturated carbocycles. The minimum atomic E-state index is 0.487. The van der Waals surface area contributed by atoms with Crippen LogP contribution < -0.4 is 11.1 Å². The highest BCUT2D eigenvalue weighted by atomic mass is 15.1. The number of hydrogen-bond donors (Lipinski definition) is 2. The average molecular weight is 220 g/mol. The summed E-state index contributed by atoms with van der Waals surface area (Å²) in [7, 11) is 0. The third kappa shape index (κ3) is 2.84. The van der Waals surface area contributed by atoms with Crippen LogP contribution in [0.4, 0.5) is 11.8 Å². The van der Waals surface area contributed by atoms with Crippen LogP contribution in [0, 0.1) is 11.8 Å². The lowest BCUT2D eigenvalue weighted by molar-refractivity contribution is 0.280. The van der Waals surface area contributed by atoms with E-state index in [-0.39, 0.29) is 0 Å². The van der Waals surface area contributed by atoms with Gasteiger partial charge in [0, 0.05) is 12.2 Å². The standard InChI is InChI=1S/C12H20N4/c1-8-5-9(2)7-10(6-8)15-12-14-4-3-11(13)16-12/h3-4,8-10H,5-7H2,1-2H3,(H3,13,14,15,16). The summed E-state index contributed by atoms with van der Waals surface area (Å²) in [5.74, 6) is 2.74. The van der Waals surface area contributed by atoms with Crippen molar-refractivity contribution in [1.82, 2.24) is 9.97 Å². The molecule has 3 N–H and O–H groups in total. The molecule has 0 amide bonds. The predicted molar refractivity (Wildman–Crippen MR) is 66.0 cm³/mol. The molecule has 4 nitrogen and oxygen atoms in total. The Balaban J connectivity index is 1.98. The largest absolute Gasteiger partial charge is 0.384 e. The van der Waals surface area contributed by atoms with Crippen molar-refractivity contribution in [1.29, 1.82) is 0 Å². The fraction of sp³-hybridized carbons (Fsp3) is 0.667. The van der Waals surface area contributed by atoms with Crippen LogP contribution >= 0.6 is 0 Å². The highest BCUT2D eigenvalue weighted by Crippen LogP contribution is 2.29. The molecule has 0 saturated heterocycles. The molecule has 2 atom stereocenters. The number of nitrogens with zero attached hydrogens (tertiary/aromatic N) is 2. The summed E-state index contributed by atoms with van der Waals surface area (Å²) in [5, 5.41) is 3.38. The minimum absolute atomic E-state index is 0.487.